The third-order valence-corrected chi connectivity index (χ3v) is 3.95. The molecule has 4 nitrogen and oxygen atoms in total. The number of phenols is 1. The van der Waals surface area contributed by atoms with E-state index in [-0.39, 0.29) is 0 Å². The van der Waals surface area contributed by atoms with Crippen molar-refractivity contribution < 1.29 is 5.11 Å². The Balaban J connectivity index is 2.10. The highest BCUT2D eigenvalue weighted by molar-refractivity contribution is 5.81. The highest BCUT2D eigenvalue weighted by Crippen LogP contribution is 2.39. The molecule has 20 heavy (non-hydrogen) atoms. The molecule has 1 saturated heterocycles. The lowest BCUT2D eigenvalue weighted by atomic mass is 9.99. The Kier molecular flexibility index (Phi) is 3.54. The third kappa shape index (κ3) is 2.33. The lowest BCUT2D eigenvalue weighted by molar-refractivity contribution is 0.451. The van der Waals surface area contributed by atoms with Gasteiger partial charge in [0.25, 0.3) is 0 Å². The summed E-state index contributed by atoms with van der Waals surface area (Å²) in [5, 5.41) is 18.5. The maximum atomic E-state index is 10.3. The van der Waals surface area contributed by atoms with E-state index in [0.29, 0.717) is 11.8 Å². The van der Waals surface area contributed by atoms with Gasteiger partial charge < -0.3 is 10.0 Å². The molecule has 3 rings (SSSR count). The highest BCUT2D eigenvalue weighted by atomic mass is 16.3. The van der Waals surface area contributed by atoms with Gasteiger partial charge in [-0.1, -0.05) is 12.1 Å². The van der Waals surface area contributed by atoms with Crippen molar-refractivity contribution in [2.45, 2.75) is 32.2 Å². The SMILES string of the molecule is CC1CCCCN1c1c(O)cccc1-c1cccnn1. The number of para-hydroxylation sites is 1. The van der Waals surface area contributed by atoms with Gasteiger partial charge in [0, 0.05) is 24.3 Å². The van der Waals surface area contributed by atoms with Gasteiger partial charge in [-0.3, -0.25) is 0 Å². The standard InChI is InChI=1S/C16H19N3O/c1-12-6-2-3-11-19(12)16-13(7-4-9-15(16)20)14-8-5-10-17-18-14/h4-5,7-10,12,20H,2-3,6,11H2,1H3. The average molecular weight is 269 g/mol. The molecule has 1 aromatic heterocycles. The molecule has 0 radical (unpaired) electrons. The number of piperidine rings is 1. The maximum Gasteiger partial charge on any atom is 0.139 e. The van der Waals surface area contributed by atoms with Crippen molar-refractivity contribution in [1.82, 2.24) is 10.2 Å². The van der Waals surface area contributed by atoms with Crippen molar-refractivity contribution in [3.05, 3.63) is 36.5 Å². The lowest BCUT2D eigenvalue weighted by Gasteiger charge is -2.36. The normalized spacial score (nSPS) is 19.1. The van der Waals surface area contributed by atoms with Crippen LogP contribution in [-0.2, 0) is 0 Å². The van der Waals surface area contributed by atoms with Gasteiger partial charge in [0.05, 0.1) is 11.4 Å². The zero-order chi connectivity index (χ0) is 13.9. The summed E-state index contributed by atoms with van der Waals surface area (Å²) in [6.45, 7) is 3.19. The van der Waals surface area contributed by atoms with Crippen LogP contribution in [0.3, 0.4) is 0 Å². The molecule has 2 aromatic rings. The minimum atomic E-state index is 0.321. The van der Waals surface area contributed by atoms with E-state index in [1.165, 1.54) is 12.8 Å². The van der Waals surface area contributed by atoms with Crippen molar-refractivity contribution >= 4 is 5.69 Å². The van der Waals surface area contributed by atoms with Crippen LogP contribution in [0.25, 0.3) is 11.3 Å². The van der Waals surface area contributed by atoms with E-state index in [1.54, 1.807) is 12.3 Å². The van der Waals surface area contributed by atoms with Crippen LogP contribution >= 0.6 is 0 Å². The van der Waals surface area contributed by atoms with Gasteiger partial charge in [-0.2, -0.15) is 10.2 Å². The molecule has 1 aliphatic rings. The molecular formula is C16H19N3O. The fourth-order valence-corrected chi connectivity index (χ4v) is 2.92. The summed E-state index contributed by atoms with van der Waals surface area (Å²) in [6, 6.07) is 9.84. The zero-order valence-corrected chi connectivity index (χ0v) is 11.7. The molecular weight excluding hydrogens is 250 g/mol. The fourth-order valence-electron chi connectivity index (χ4n) is 2.92. The topological polar surface area (TPSA) is 49.2 Å². The van der Waals surface area contributed by atoms with Crippen molar-refractivity contribution in [2.24, 2.45) is 0 Å². The van der Waals surface area contributed by atoms with Crippen LogP contribution in [0, 0.1) is 0 Å². The van der Waals surface area contributed by atoms with Crippen molar-refractivity contribution in [3.8, 4) is 17.0 Å². The maximum absolute atomic E-state index is 10.3. The van der Waals surface area contributed by atoms with Gasteiger partial charge in [0.2, 0.25) is 0 Å². The van der Waals surface area contributed by atoms with Gasteiger partial charge in [0.15, 0.2) is 0 Å². The number of rotatable bonds is 2. The van der Waals surface area contributed by atoms with Crippen LogP contribution in [0.4, 0.5) is 5.69 Å². The van der Waals surface area contributed by atoms with Crippen LogP contribution in [0.15, 0.2) is 36.5 Å². The summed E-state index contributed by atoms with van der Waals surface area (Å²) in [5.41, 5.74) is 2.64. The number of nitrogens with zero attached hydrogens (tertiary/aromatic N) is 3. The summed E-state index contributed by atoms with van der Waals surface area (Å²) >= 11 is 0. The second-order valence-electron chi connectivity index (χ2n) is 5.32. The number of benzene rings is 1. The second-order valence-corrected chi connectivity index (χ2v) is 5.32. The Morgan fingerprint density at radius 1 is 1.20 bits per heavy atom. The van der Waals surface area contributed by atoms with E-state index in [2.05, 4.69) is 22.0 Å². The molecule has 1 fully saturated rings. The summed E-state index contributed by atoms with van der Waals surface area (Å²) in [5.74, 6) is 0.321. The molecule has 1 unspecified atom stereocenters. The van der Waals surface area contributed by atoms with Crippen molar-refractivity contribution in [3.63, 3.8) is 0 Å². The molecule has 1 atom stereocenters. The first kappa shape index (κ1) is 12.9. The quantitative estimate of drug-likeness (QED) is 0.909. The van der Waals surface area contributed by atoms with Gasteiger partial charge in [-0.05, 0) is 44.4 Å². The van der Waals surface area contributed by atoms with E-state index in [4.69, 9.17) is 0 Å². The van der Waals surface area contributed by atoms with Crippen LogP contribution in [0.5, 0.6) is 5.75 Å². The Morgan fingerprint density at radius 3 is 2.85 bits per heavy atom. The van der Waals surface area contributed by atoms with Crippen molar-refractivity contribution in [1.29, 1.82) is 0 Å². The molecule has 0 amide bonds. The summed E-state index contributed by atoms with van der Waals surface area (Å²) in [6.07, 6.45) is 5.24. The second kappa shape index (κ2) is 5.49. The predicted molar refractivity (Wildman–Crippen MR) is 79.8 cm³/mol. The summed E-state index contributed by atoms with van der Waals surface area (Å²) in [4.78, 5) is 2.29. The van der Waals surface area contributed by atoms with E-state index in [1.807, 2.05) is 24.3 Å². The molecule has 1 N–H and O–H groups in total. The smallest absolute Gasteiger partial charge is 0.139 e. The molecule has 1 aliphatic heterocycles. The molecule has 0 aliphatic carbocycles. The lowest BCUT2D eigenvalue weighted by Crippen LogP contribution is -2.37. The third-order valence-electron chi connectivity index (χ3n) is 3.95. The predicted octanol–water partition coefficient (Wildman–Crippen LogP) is 3.23. The summed E-state index contributed by atoms with van der Waals surface area (Å²) in [7, 11) is 0. The van der Waals surface area contributed by atoms with E-state index >= 15 is 0 Å². The Bertz CT molecular complexity index is 586. The number of phenolic OH excluding ortho intramolecular Hbond substituents is 1. The Hall–Kier alpha value is -2.10. The minimum Gasteiger partial charge on any atom is -0.506 e. The first-order valence-corrected chi connectivity index (χ1v) is 7.14. The highest BCUT2D eigenvalue weighted by Gasteiger charge is 2.24. The van der Waals surface area contributed by atoms with E-state index < -0.39 is 0 Å². The molecule has 1 aromatic carbocycles. The summed E-state index contributed by atoms with van der Waals surface area (Å²) < 4.78 is 0. The number of hydrogen-bond donors (Lipinski definition) is 1. The van der Waals surface area contributed by atoms with Crippen LogP contribution in [0.2, 0.25) is 0 Å². The minimum absolute atomic E-state index is 0.321. The monoisotopic (exact) mass is 269 g/mol. The van der Waals surface area contributed by atoms with Gasteiger partial charge in [-0.25, -0.2) is 0 Å². The Labute approximate surface area is 119 Å². The molecule has 4 heteroatoms. The Morgan fingerprint density at radius 2 is 2.10 bits per heavy atom. The number of hydrogen-bond acceptors (Lipinski definition) is 4. The van der Waals surface area contributed by atoms with Gasteiger partial charge >= 0.3 is 0 Å². The van der Waals surface area contributed by atoms with Gasteiger partial charge in [-0.15, -0.1) is 0 Å². The zero-order valence-electron chi connectivity index (χ0n) is 11.7. The fraction of sp³-hybridized carbons (Fsp3) is 0.375. The largest absolute Gasteiger partial charge is 0.506 e. The molecule has 0 saturated carbocycles. The number of aromatic hydroxyl groups is 1. The number of aromatic nitrogens is 2. The van der Waals surface area contributed by atoms with E-state index in [9.17, 15) is 5.11 Å². The van der Waals surface area contributed by atoms with Crippen LogP contribution in [0.1, 0.15) is 26.2 Å². The first-order valence-electron chi connectivity index (χ1n) is 7.14. The van der Waals surface area contributed by atoms with Crippen molar-refractivity contribution in [2.75, 3.05) is 11.4 Å². The molecule has 2 heterocycles. The van der Waals surface area contributed by atoms with Crippen LogP contribution < -0.4 is 4.90 Å². The number of anilines is 1. The molecule has 0 bridgehead atoms. The van der Waals surface area contributed by atoms with Crippen LogP contribution in [-0.4, -0.2) is 27.9 Å². The van der Waals surface area contributed by atoms with Gasteiger partial charge in [0.1, 0.15) is 5.75 Å². The molecule has 0 spiro atoms. The first-order chi connectivity index (χ1) is 9.77. The molecule has 104 valence electrons. The van der Waals surface area contributed by atoms with E-state index in [0.717, 1.165) is 29.9 Å². The average Bonchev–Trinajstić information content (AvgIpc) is 2.49.